The minimum absolute atomic E-state index is 0.0216. The quantitative estimate of drug-likeness (QED) is 0.661. The Kier molecular flexibility index (Phi) is 3.02. The number of aliphatic hydroxyl groups excluding tert-OH is 1. The van der Waals surface area contributed by atoms with Gasteiger partial charge in [0.25, 0.3) is 5.69 Å². The Hall–Kier alpha value is -1.62. The summed E-state index contributed by atoms with van der Waals surface area (Å²) in [6.45, 7) is 5.71. The van der Waals surface area contributed by atoms with Crippen molar-refractivity contribution >= 4 is 5.69 Å². The fourth-order valence-electron chi connectivity index (χ4n) is 2.05. The molecule has 1 fully saturated rings. The van der Waals surface area contributed by atoms with Gasteiger partial charge in [-0.05, 0) is 18.6 Å². The lowest BCUT2D eigenvalue weighted by Gasteiger charge is -2.48. The van der Waals surface area contributed by atoms with E-state index in [1.54, 1.807) is 6.07 Å². The van der Waals surface area contributed by atoms with Gasteiger partial charge in [-0.15, -0.1) is 0 Å². The van der Waals surface area contributed by atoms with E-state index in [0.29, 0.717) is 12.2 Å². The number of nitro groups is 1. The van der Waals surface area contributed by atoms with E-state index in [1.165, 1.54) is 12.1 Å². The first-order valence-corrected chi connectivity index (χ1v) is 5.92. The second-order valence-corrected chi connectivity index (χ2v) is 5.39. The van der Waals surface area contributed by atoms with Gasteiger partial charge in [0.15, 0.2) is 0 Å². The second kappa shape index (κ2) is 4.24. The molecule has 2 rings (SSSR count). The second-order valence-electron chi connectivity index (χ2n) is 5.39. The predicted octanol–water partition coefficient (Wildman–Crippen LogP) is 2.44. The molecule has 0 aromatic heterocycles. The molecule has 5 nitrogen and oxygen atoms in total. The lowest BCUT2D eigenvalue weighted by atomic mass is 9.66. The molecule has 1 aromatic carbocycles. The summed E-state index contributed by atoms with van der Waals surface area (Å²) in [4.78, 5) is 10.3. The van der Waals surface area contributed by atoms with Crippen LogP contribution < -0.4 is 4.74 Å². The van der Waals surface area contributed by atoms with E-state index in [4.69, 9.17) is 4.74 Å². The van der Waals surface area contributed by atoms with Gasteiger partial charge < -0.3 is 9.84 Å². The van der Waals surface area contributed by atoms with E-state index in [2.05, 4.69) is 0 Å². The van der Waals surface area contributed by atoms with Gasteiger partial charge >= 0.3 is 0 Å². The largest absolute Gasteiger partial charge is 0.489 e. The van der Waals surface area contributed by atoms with Crippen LogP contribution in [0, 0.1) is 22.5 Å². The maximum atomic E-state index is 10.7. The summed E-state index contributed by atoms with van der Waals surface area (Å²) in [6, 6.07) is 4.58. The van der Waals surface area contributed by atoms with Crippen molar-refractivity contribution in [2.75, 3.05) is 0 Å². The standard InChI is InChI=1S/C13H17NO4/c1-8-4-5-9(14(16)17)6-10(8)18-12-7-11(15)13(12,2)3/h4-6,11-12,15H,7H2,1-3H3. The SMILES string of the molecule is Cc1ccc([N+](=O)[O-])cc1OC1CC(O)C1(C)C. The molecule has 1 saturated carbocycles. The number of benzene rings is 1. The molecule has 0 spiro atoms. The Morgan fingerprint density at radius 1 is 1.50 bits per heavy atom. The van der Waals surface area contributed by atoms with Crippen molar-refractivity contribution in [3.8, 4) is 5.75 Å². The van der Waals surface area contributed by atoms with Crippen LogP contribution in [0.15, 0.2) is 18.2 Å². The number of aryl methyl sites for hydroxylation is 1. The molecule has 5 heteroatoms. The van der Waals surface area contributed by atoms with Crippen LogP contribution in [0.1, 0.15) is 25.8 Å². The van der Waals surface area contributed by atoms with Gasteiger partial charge in [-0.3, -0.25) is 10.1 Å². The monoisotopic (exact) mass is 251 g/mol. The van der Waals surface area contributed by atoms with Gasteiger partial charge in [0.05, 0.1) is 17.1 Å². The highest BCUT2D eigenvalue weighted by molar-refractivity contribution is 5.44. The van der Waals surface area contributed by atoms with Crippen LogP contribution in [0.2, 0.25) is 0 Å². The third-order valence-electron chi connectivity index (χ3n) is 3.78. The zero-order valence-electron chi connectivity index (χ0n) is 10.7. The maximum absolute atomic E-state index is 10.7. The molecule has 0 saturated heterocycles. The van der Waals surface area contributed by atoms with Crippen molar-refractivity contribution in [3.05, 3.63) is 33.9 Å². The number of aliphatic hydroxyl groups is 1. The minimum Gasteiger partial charge on any atom is -0.489 e. The Bertz CT molecular complexity index is 484. The molecule has 1 aliphatic rings. The van der Waals surface area contributed by atoms with Gasteiger partial charge in [-0.2, -0.15) is 0 Å². The fraction of sp³-hybridized carbons (Fsp3) is 0.538. The number of nitro benzene ring substituents is 1. The molecule has 0 aliphatic heterocycles. The van der Waals surface area contributed by atoms with E-state index in [-0.39, 0.29) is 23.3 Å². The van der Waals surface area contributed by atoms with E-state index in [9.17, 15) is 15.2 Å². The molecular weight excluding hydrogens is 234 g/mol. The Labute approximate surface area is 106 Å². The number of rotatable bonds is 3. The molecule has 2 unspecified atom stereocenters. The highest BCUT2D eigenvalue weighted by Gasteiger charge is 2.49. The fourth-order valence-corrected chi connectivity index (χ4v) is 2.05. The summed E-state index contributed by atoms with van der Waals surface area (Å²) in [5.74, 6) is 0.522. The Morgan fingerprint density at radius 2 is 2.17 bits per heavy atom. The molecule has 1 aliphatic carbocycles. The van der Waals surface area contributed by atoms with Gasteiger partial charge in [-0.25, -0.2) is 0 Å². The normalized spacial score (nSPS) is 25.3. The zero-order chi connectivity index (χ0) is 13.5. The van der Waals surface area contributed by atoms with Crippen LogP contribution in [0.4, 0.5) is 5.69 Å². The third-order valence-corrected chi connectivity index (χ3v) is 3.78. The molecule has 18 heavy (non-hydrogen) atoms. The van der Waals surface area contributed by atoms with Crippen LogP contribution in [0.5, 0.6) is 5.75 Å². The maximum Gasteiger partial charge on any atom is 0.273 e. The highest BCUT2D eigenvalue weighted by Crippen LogP contribution is 2.43. The summed E-state index contributed by atoms with van der Waals surface area (Å²) in [5.41, 5.74) is 0.572. The van der Waals surface area contributed by atoms with Crippen LogP contribution in [-0.2, 0) is 0 Å². The van der Waals surface area contributed by atoms with Crippen LogP contribution in [-0.4, -0.2) is 22.2 Å². The predicted molar refractivity (Wildman–Crippen MR) is 66.7 cm³/mol. The number of hydrogen-bond acceptors (Lipinski definition) is 4. The van der Waals surface area contributed by atoms with Crippen molar-refractivity contribution in [3.63, 3.8) is 0 Å². The number of non-ortho nitro benzene ring substituents is 1. The molecule has 0 bridgehead atoms. The summed E-state index contributed by atoms with van der Waals surface area (Å²) in [7, 11) is 0. The Balaban J connectivity index is 2.19. The van der Waals surface area contributed by atoms with Crippen molar-refractivity contribution in [2.24, 2.45) is 5.41 Å². The van der Waals surface area contributed by atoms with Crippen molar-refractivity contribution in [1.82, 2.24) is 0 Å². The summed E-state index contributed by atoms with van der Waals surface area (Å²) in [6.07, 6.45) is 0.0875. The molecule has 1 N–H and O–H groups in total. The molecule has 2 atom stereocenters. The smallest absolute Gasteiger partial charge is 0.273 e. The molecule has 98 valence electrons. The number of nitrogens with zero attached hydrogens (tertiary/aromatic N) is 1. The molecule has 0 radical (unpaired) electrons. The molecule has 0 heterocycles. The molecule has 0 amide bonds. The first kappa shape index (κ1) is 12.8. The van der Waals surface area contributed by atoms with Crippen molar-refractivity contribution in [1.29, 1.82) is 0 Å². The van der Waals surface area contributed by atoms with E-state index < -0.39 is 4.92 Å². The number of ether oxygens (including phenoxy) is 1. The van der Waals surface area contributed by atoms with Gasteiger partial charge in [0.2, 0.25) is 0 Å². The summed E-state index contributed by atoms with van der Waals surface area (Å²) >= 11 is 0. The van der Waals surface area contributed by atoms with E-state index in [0.717, 1.165) is 5.56 Å². The number of hydrogen-bond donors (Lipinski definition) is 1. The van der Waals surface area contributed by atoms with Gasteiger partial charge in [-0.1, -0.05) is 13.8 Å². The first-order valence-electron chi connectivity index (χ1n) is 5.92. The lowest BCUT2D eigenvalue weighted by Crippen LogP contribution is -2.56. The summed E-state index contributed by atoms with van der Waals surface area (Å²) < 4.78 is 5.79. The average molecular weight is 251 g/mol. The zero-order valence-corrected chi connectivity index (χ0v) is 10.7. The van der Waals surface area contributed by atoms with E-state index >= 15 is 0 Å². The average Bonchev–Trinajstić information content (AvgIpc) is 2.30. The van der Waals surface area contributed by atoms with Crippen LogP contribution >= 0.6 is 0 Å². The van der Waals surface area contributed by atoms with Crippen molar-refractivity contribution < 1.29 is 14.8 Å². The van der Waals surface area contributed by atoms with Crippen LogP contribution in [0.3, 0.4) is 0 Å². The van der Waals surface area contributed by atoms with Gasteiger partial charge in [0, 0.05) is 17.9 Å². The van der Waals surface area contributed by atoms with Gasteiger partial charge in [0.1, 0.15) is 11.9 Å². The van der Waals surface area contributed by atoms with Crippen LogP contribution in [0.25, 0.3) is 0 Å². The molecule has 1 aromatic rings. The third kappa shape index (κ3) is 2.06. The Morgan fingerprint density at radius 3 is 2.67 bits per heavy atom. The van der Waals surface area contributed by atoms with E-state index in [1.807, 2.05) is 20.8 Å². The molecular formula is C13H17NO4. The minimum atomic E-state index is -0.437. The summed E-state index contributed by atoms with van der Waals surface area (Å²) in [5, 5.41) is 20.4. The lowest BCUT2D eigenvalue weighted by molar-refractivity contribution is -0.385. The highest BCUT2D eigenvalue weighted by atomic mass is 16.6. The van der Waals surface area contributed by atoms with Crippen molar-refractivity contribution in [2.45, 2.75) is 39.4 Å². The topological polar surface area (TPSA) is 72.6 Å². The first-order chi connectivity index (χ1) is 8.32.